The second-order valence-electron chi connectivity index (χ2n) is 4.27. The van der Waals surface area contributed by atoms with Crippen LogP contribution in [0.4, 0.5) is 5.69 Å². The van der Waals surface area contributed by atoms with Crippen LogP contribution in [0.25, 0.3) is 0 Å². The SMILES string of the molecule is CNc1ccnc(C(=O)N2CCC(CO)C2)c1. The Morgan fingerprint density at radius 3 is 3.18 bits per heavy atom. The van der Waals surface area contributed by atoms with Crippen molar-refractivity contribution in [3.8, 4) is 0 Å². The minimum Gasteiger partial charge on any atom is -0.396 e. The predicted molar refractivity (Wildman–Crippen MR) is 64.9 cm³/mol. The minimum atomic E-state index is -0.0574. The summed E-state index contributed by atoms with van der Waals surface area (Å²) in [6.07, 6.45) is 2.49. The molecule has 1 fully saturated rings. The number of aromatic nitrogens is 1. The largest absolute Gasteiger partial charge is 0.396 e. The topological polar surface area (TPSA) is 65.5 Å². The molecule has 1 unspecified atom stereocenters. The Morgan fingerprint density at radius 1 is 1.71 bits per heavy atom. The molecular weight excluding hydrogens is 218 g/mol. The first-order valence-corrected chi connectivity index (χ1v) is 5.78. The van der Waals surface area contributed by atoms with Crippen LogP contribution in [-0.2, 0) is 0 Å². The lowest BCUT2D eigenvalue weighted by atomic mass is 10.1. The minimum absolute atomic E-state index is 0.0574. The van der Waals surface area contributed by atoms with Crippen LogP contribution in [0.2, 0.25) is 0 Å². The van der Waals surface area contributed by atoms with Crippen molar-refractivity contribution in [1.29, 1.82) is 0 Å². The molecule has 0 spiro atoms. The first kappa shape index (κ1) is 11.9. The van der Waals surface area contributed by atoms with Gasteiger partial charge in [-0.1, -0.05) is 0 Å². The summed E-state index contributed by atoms with van der Waals surface area (Å²) in [7, 11) is 1.81. The van der Waals surface area contributed by atoms with Crippen molar-refractivity contribution in [2.24, 2.45) is 5.92 Å². The van der Waals surface area contributed by atoms with Crippen LogP contribution in [0.15, 0.2) is 18.3 Å². The van der Waals surface area contributed by atoms with Crippen molar-refractivity contribution >= 4 is 11.6 Å². The number of nitrogens with one attached hydrogen (secondary N) is 1. The highest BCUT2D eigenvalue weighted by atomic mass is 16.3. The van der Waals surface area contributed by atoms with Gasteiger partial charge in [0.05, 0.1) is 0 Å². The van der Waals surface area contributed by atoms with Gasteiger partial charge in [0, 0.05) is 44.5 Å². The number of nitrogens with zero attached hydrogens (tertiary/aromatic N) is 2. The van der Waals surface area contributed by atoms with E-state index in [2.05, 4.69) is 10.3 Å². The van der Waals surface area contributed by atoms with Gasteiger partial charge in [-0.05, 0) is 18.6 Å². The maximum absolute atomic E-state index is 12.1. The van der Waals surface area contributed by atoms with E-state index in [0.717, 1.165) is 12.1 Å². The summed E-state index contributed by atoms with van der Waals surface area (Å²) in [4.78, 5) is 18.0. The Kier molecular flexibility index (Phi) is 3.58. The molecule has 0 saturated carbocycles. The maximum atomic E-state index is 12.1. The van der Waals surface area contributed by atoms with Gasteiger partial charge in [-0.2, -0.15) is 0 Å². The lowest BCUT2D eigenvalue weighted by Gasteiger charge is -2.15. The molecule has 92 valence electrons. The zero-order valence-corrected chi connectivity index (χ0v) is 9.89. The third-order valence-corrected chi connectivity index (χ3v) is 3.10. The molecule has 1 amide bonds. The van der Waals surface area contributed by atoms with Crippen LogP contribution in [0.5, 0.6) is 0 Å². The number of carbonyl (C=O) groups is 1. The average Bonchev–Trinajstić information content (AvgIpc) is 2.86. The Hall–Kier alpha value is -1.62. The zero-order chi connectivity index (χ0) is 12.3. The molecule has 1 aromatic heterocycles. The monoisotopic (exact) mass is 235 g/mol. The van der Waals surface area contributed by atoms with E-state index in [4.69, 9.17) is 5.11 Å². The Morgan fingerprint density at radius 2 is 2.53 bits per heavy atom. The Labute approximate surface area is 100 Å². The molecule has 1 aromatic rings. The van der Waals surface area contributed by atoms with Gasteiger partial charge in [0.2, 0.25) is 0 Å². The highest BCUT2D eigenvalue weighted by Gasteiger charge is 2.27. The van der Waals surface area contributed by atoms with Crippen molar-refractivity contribution in [2.45, 2.75) is 6.42 Å². The van der Waals surface area contributed by atoms with E-state index in [9.17, 15) is 4.79 Å². The van der Waals surface area contributed by atoms with Gasteiger partial charge in [-0.25, -0.2) is 0 Å². The van der Waals surface area contributed by atoms with E-state index in [-0.39, 0.29) is 18.4 Å². The first-order valence-electron chi connectivity index (χ1n) is 5.78. The molecule has 5 nitrogen and oxygen atoms in total. The summed E-state index contributed by atoms with van der Waals surface area (Å²) >= 11 is 0. The fraction of sp³-hybridized carbons (Fsp3) is 0.500. The quantitative estimate of drug-likeness (QED) is 0.804. The number of rotatable bonds is 3. The number of carbonyl (C=O) groups excluding carboxylic acids is 1. The fourth-order valence-electron chi connectivity index (χ4n) is 2.03. The number of aliphatic hydroxyl groups excluding tert-OH is 1. The lowest BCUT2D eigenvalue weighted by molar-refractivity contribution is 0.0776. The van der Waals surface area contributed by atoms with Gasteiger partial charge in [-0.15, -0.1) is 0 Å². The van der Waals surface area contributed by atoms with Crippen molar-refractivity contribution in [3.63, 3.8) is 0 Å². The predicted octanol–water partition coefficient (Wildman–Crippen LogP) is 0.578. The summed E-state index contributed by atoms with van der Waals surface area (Å²) < 4.78 is 0. The number of likely N-dealkylation sites (tertiary alicyclic amines) is 1. The number of hydrogen-bond donors (Lipinski definition) is 2. The molecule has 17 heavy (non-hydrogen) atoms. The molecule has 1 atom stereocenters. The highest BCUT2D eigenvalue weighted by Crippen LogP contribution is 2.18. The number of aliphatic hydroxyl groups is 1. The third-order valence-electron chi connectivity index (χ3n) is 3.10. The van der Waals surface area contributed by atoms with Gasteiger partial charge in [0.1, 0.15) is 5.69 Å². The van der Waals surface area contributed by atoms with Gasteiger partial charge >= 0.3 is 0 Å². The molecule has 0 bridgehead atoms. The Bertz CT molecular complexity index is 408. The number of amides is 1. The van der Waals surface area contributed by atoms with Crippen LogP contribution < -0.4 is 5.32 Å². The molecule has 1 aliphatic heterocycles. The summed E-state index contributed by atoms with van der Waals surface area (Å²) in [5, 5.41) is 12.0. The maximum Gasteiger partial charge on any atom is 0.272 e. The van der Waals surface area contributed by atoms with Crippen molar-refractivity contribution in [1.82, 2.24) is 9.88 Å². The smallest absolute Gasteiger partial charge is 0.272 e. The van der Waals surface area contributed by atoms with Crippen LogP contribution in [0.3, 0.4) is 0 Å². The molecule has 2 rings (SSSR count). The summed E-state index contributed by atoms with van der Waals surface area (Å²) in [5.41, 5.74) is 1.33. The lowest BCUT2D eigenvalue weighted by Crippen LogP contribution is -2.29. The molecule has 0 aliphatic carbocycles. The third kappa shape index (κ3) is 2.55. The van der Waals surface area contributed by atoms with Crippen molar-refractivity contribution in [3.05, 3.63) is 24.0 Å². The second-order valence-corrected chi connectivity index (χ2v) is 4.27. The van der Waals surface area contributed by atoms with Crippen LogP contribution in [-0.4, -0.2) is 47.6 Å². The zero-order valence-electron chi connectivity index (χ0n) is 9.89. The first-order chi connectivity index (χ1) is 8.24. The van der Waals surface area contributed by atoms with Crippen LogP contribution in [0, 0.1) is 5.92 Å². The van der Waals surface area contributed by atoms with E-state index in [1.54, 1.807) is 24.2 Å². The highest BCUT2D eigenvalue weighted by molar-refractivity contribution is 5.93. The average molecular weight is 235 g/mol. The van der Waals surface area contributed by atoms with Crippen LogP contribution in [0.1, 0.15) is 16.9 Å². The summed E-state index contributed by atoms with van der Waals surface area (Å²) in [6.45, 7) is 1.48. The van der Waals surface area contributed by atoms with E-state index in [1.165, 1.54) is 0 Å². The van der Waals surface area contributed by atoms with E-state index in [1.807, 2.05) is 6.07 Å². The van der Waals surface area contributed by atoms with E-state index in [0.29, 0.717) is 18.8 Å². The summed E-state index contributed by atoms with van der Waals surface area (Å²) in [6, 6.07) is 3.56. The molecular formula is C12H17N3O2. The number of hydrogen-bond acceptors (Lipinski definition) is 4. The van der Waals surface area contributed by atoms with Gasteiger partial charge in [-0.3, -0.25) is 9.78 Å². The normalized spacial score (nSPS) is 19.4. The summed E-state index contributed by atoms with van der Waals surface area (Å²) in [5.74, 6) is 0.157. The van der Waals surface area contributed by atoms with E-state index >= 15 is 0 Å². The standard InChI is InChI=1S/C12H17N3O2/c1-13-10-2-4-14-11(6-10)12(17)15-5-3-9(7-15)8-16/h2,4,6,9,16H,3,5,7-8H2,1H3,(H,13,14). The van der Waals surface area contributed by atoms with E-state index < -0.39 is 0 Å². The van der Waals surface area contributed by atoms with Gasteiger partial charge < -0.3 is 15.3 Å². The Balaban J connectivity index is 2.09. The molecule has 5 heteroatoms. The van der Waals surface area contributed by atoms with Crippen molar-refractivity contribution in [2.75, 3.05) is 32.1 Å². The second kappa shape index (κ2) is 5.14. The molecule has 2 N–H and O–H groups in total. The van der Waals surface area contributed by atoms with Crippen LogP contribution >= 0.6 is 0 Å². The van der Waals surface area contributed by atoms with Crippen molar-refractivity contribution < 1.29 is 9.90 Å². The van der Waals surface area contributed by atoms with Gasteiger partial charge in [0.15, 0.2) is 0 Å². The molecule has 2 heterocycles. The molecule has 1 aliphatic rings. The van der Waals surface area contributed by atoms with Gasteiger partial charge in [0.25, 0.3) is 5.91 Å². The number of anilines is 1. The molecule has 0 radical (unpaired) electrons. The molecule has 0 aromatic carbocycles. The number of pyridine rings is 1. The molecule has 1 saturated heterocycles. The fourth-order valence-corrected chi connectivity index (χ4v) is 2.03.